The van der Waals surface area contributed by atoms with Gasteiger partial charge in [-0.15, -0.1) is 0 Å². The number of H-pyrrole nitrogens is 1. The third kappa shape index (κ3) is 5.06. The van der Waals surface area contributed by atoms with Crippen LogP contribution in [0.4, 0.5) is 11.5 Å². The molecule has 0 atom stereocenters. The van der Waals surface area contributed by atoms with Crippen LogP contribution in [0.25, 0.3) is 11.0 Å². The monoisotopic (exact) mass is 381 g/mol. The summed E-state index contributed by atoms with van der Waals surface area (Å²) in [4.78, 5) is 34.7. The number of carbonyl (C=O) groups is 2. The zero-order valence-electron chi connectivity index (χ0n) is 15.7. The van der Waals surface area contributed by atoms with Crippen molar-refractivity contribution in [1.82, 2.24) is 20.3 Å². The average molecular weight is 381 g/mol. The minimum absolute atomic E-state index is 0.116. The lowest BCUT2D eigenvalue weighted by Gasteiger charge is -2.08. The zero-order chi connectivity index (χ0) is 19.8. The van der Waals surface area contributed by atoms with Crippen molar-refractivity contribution in [3.8, 4) is 0 Å². The van der Waals surface area contributed by atoms with Crippen molar-refractivity contribution in [3.05, 3.63) is 48.4 Å². The molecule has 1 aromatic carbocycles. The molecule has 3 rings (SSSR count). The summed E-state index contributed by atoms with van der Waals surface area (Å²) in [6.45, 7) is 0.576. The summed E-state index contributed by atoms with van der Waals surface area (Å²) in [6, 6.07) is 9.12. The van der Waals surface area contributed by atoms with Crippen LogP contribution in [0.3, 0.4) is 0 Å². The fourth-order valence-electron chi connectivity index (χ4n) is 2.79. The first kappa shape index (κ1) is 19.3. The standard InChI is InChI=1S/C20H23N5O3/c1-28-17(26)5-3-2-4-11-22-20(27)14-6-8-15(9-7-14)25-19-16-10-12-21-18(16)23-13-24-19/h6-10,12-13H,2-5,11H2,1H3,(H,22,27)(H2,21,23,24,25). The van der Waals surface area contributed by atoms with Gasteiger partial charge in [-0.05, 0) is 43.2 Å². The number of fused-ring (bicyclic) bond motifs is 1. The number of anilines is 2. The first-order valence-electron chi connectivity index (χ1n) is 9.17. The maximum absolute atomic E-state index is 12.2. The Hall–Kier alpha value is -3.42. The van der Waals surface area contributed by atoms with Gasteiger partial charge < -0.3 is 20.4 Å². The second-order valence-corrected chi connectivity index (χ2v) is 6.31. The molecule has 3 N–H and O–H groups in total. The molecule has 0 spiro atoms. The number of carbonyl (C=O) groups excluding carboxylic acids is 2. The molecule has 0 saturated carbocycles. The highest BCUT2D eigenvalue weighted by Crippen LogP contribution is 2.22. The van der Waals surface area contributed by atoms with E-state index in [0.717, 1.165) is 36.0 Å². The molecule has 0 saturated heterocycles. The van der Waals surface area contributed by atoms with E-state index in [1.807, 2.05) is 24.4 Å². The molecule has 0 fully saturated rings. The number of ether oxygens (including phenoxy) is 1. The summed E-state index contributed by atoms with van der Waals surface area (Å²) >= 11 is 0. The smallest absolute Gasteiger partial charge is 0.305 e. The van der Waals surface area contributed by atoms with Gasteiger partial charge in [0.2, 0.25) is 0 Å². The topological polar surface area (TPSA) is 109 Å². The van der Waals surface area contributed by atoms with Crippen molar-refractivity contribution < 1.29 is 14.3 Å². The second kappa shape index (κ2) is 9.50. The molecule has 0 bridgehead atoms. The van der Waals surface area contributed by atoms with Gasteiger partial charge in [0.05, 0.1) is 12.5 Å². The van der Waals surface area contributed by atoms with Crippen molar-refractivity contribution in [3.63, 3.8) is 0 Å². The van der Waals surface area contributed by atoms with Gasteiger partial charge in [-0.2, -0.15) is 0 Å². The van der Waals surface area contributed by atoms with Crippen LogP contribution in [0.5, 0.6) is 0 Å². The van der Waals surface area contributed by atoms with Gasteiger partial charge in [0.1, 0.15) is 17.8 Å². The molecule has 2 heterocycles. The molecular formula is C20H23N5O3. The maximum atomic E-state index is 12.2. The Kier molecular flexibility index (Phi) is 6.56. The van der Waals surface area contributed by atoms with Gasteiger partial charge in [-0.1, -0.05) is 6.42 Å². The van der Waals surface area contributed by atoms with Gasteiger partial charge >= 0.3 is 5.97 Å². The third-order valence-corrected chi connectivity index (χ3v) is 4.33. The van der Waals surface area contributed by atoms with E-state index in [1.165, 1.54) is 13.4 Å². The van der Waals surface area contributed by atoms with Gasteiger partial charge in [0.25, 0.3) is 5.91 Å². The molecule has 0 aliphatic heterocycles. The molecule has 2 aromatic heterocycles. The number of hydrogen-bond donors (Lipinski definition) is 3. The fraction of sp³-hybridized carbons (Fsp3) is 0.300. The van der Waals surface area contributed by atoms with Crippen molar-refractivity contribution in [2.75, 3.05) is 19.0 Å². The largest absolute Gasteiger partial charge is 0.469 e. The molecule has 0 aliphatic carbocycles. The Morgan fingerprint density at radius 2 is 1.89 bits per heavy atom. The molecule has 8 nitrogen and oxygen atoms in total. The average Bonchev–Trinajstić information content (AvgIpc) is 3.20. The number of aromatic nitrogens is 3. The maximum Gasteiger partial charge on any atom is 0.305 e. The van der Waals surface area contributed by atoms with Crippen molar-refractivity contribution in [1.29, 1.82) is 0 Å². The minimum atomic E-state index is -0.197. The highest BCUT2D eigenvalue weighted by molar-refractivity contribution is 5.95. The summed E-state index contributed by atoms with van der Waals surface area (Å²) in [5, 5.41) is 7.03. The SMILES string of the molecule is COC(=O)CCCCCNC(=O)c1ccc(Nc2ncnc3[nH]ccc23)cc1. The van der Waals surface area contributed by atoms with Crippen molar-refractivity contribution >= 4 is 34.4 Å². The summed E-state index contributed by atoms with van der Waals surface area (Å²) in [5.74, 6) is 0.391. The number of esters is 1. The molecule has 0 aliphatic rings. The second-order valence-electron chi connectivity index (χ2n) is 6.31. The minimum Gasteiger partial charge on any atom is -0.469 e. The summed E-state index contributed by atoms with van der Waals surface area (Å²) in [6.07, 6.45) is 6.18. The summed E-state index contributed by atoms with van der Waals surface area (Å²) < 4.78 is 4.59. The highest BCUT2D eigenvalue weighted by atomic mass is 16.5. The van der Waals surface area contributed by atoms with Crippen LogP contribution in [0.2, 0.25) is 0 Å². The Bertz CT molecular complexity index is 936. The highest BCUT2D eigenvalue weighted by Gasteiger charge is 2.07. The van der Waals surface area contributed by atoms with Gasteiger partial charge in [-0.3, -0.25) is 9.59 Å². The molecular weight excluding hydrogens is 358 g/mol. The van der Waals surface area contributed by atoms with Gasteiger partial charge in [-0.25, -0.2) is 9.97 Å². The van der Waals surface area contributed by atoms with Crippen LogP contribution in [-0.2, 0) is 9.53 Å². The van der Waals surface area contributed by atoms with Crippen molar-refractivity contribution in [2.45, 2.75) is 25.7 Å². The van der Waals surface area contributed by atoms with Crippen LogP contribution in [-0.4, -0.2) is 40.5 Å². The normalized spacial score (nSPS) is 10.6. The Labute approximate surface area is 162 Å². The van der Waals surface area contributed by atoms with Crippen LogP contribution in [0.1, 0.15) is 36.0 Å². The molecule has 3 aromatic rings. The number of nitrogens with zero attached hydrogens (tertiary/aromatic N) is 2. The zero-order valence-corrected chi connectivity index (χ0v) is 15.7. The van der Waals surface area contributed by atoms with E-state index in [9.17, 15) is 9.59 Å². The van der Waals surface area contributed by atoms with Crippen LogP contribution < -0.4 is 10.6 Å². The summed E-state index contributed by atoms with van der Waals surface area (Å²) in [7, 11) is 1.39. The van der Waals surface area contributed by atoms with E-state index in [1.54, 1.807) is 12.1 Å². The molecule has 1 amide bonds. The Morgan fingerprint density at radius 3 is 2.68 bits per heavy atom. The van der Waals surface area contributed by atoms with Crippen LogP contribution >= 0.6 is 0 Å². The predicted molar refractivity (Wildman–Crippen MR) is 106 cm³/mol. The van der Waals surface area contributed by atoms with E-state index in [0.29, 0.717) is 24.3 Å². The summed E-state index contributed by atoms with van der Waals surface area (Å²) in [5.41, 5.74) is 2.19. The lowest BCUT2D eigenvalue weighted by Crippen LogP contribution is -2.24. The Morgan fingerprint density at radius 1 is 1.07 bits per heavy atom. The lowest BCUT2D eigenvalue weighted by atomic mass is 10.1. The van der Waals surface area contributed by atoms with Crippen LogP contribution in [0.15, 0.2) is 42.9 Å². The lowest BCUT2D eigenvalue weighted by molar-refractivity contribution is -0.140. The van der Waals surface area contributed by atoms with Crippen LogP contribution in [0, 0.1) is 0 Å². The van der Waals surface area contributed by atoms with Gasteiger partial charge in [0.15, 0.2) is 0 Å². The number of amides is 1. The number of methoxy groups -OCH3 is 1. The first-order chi connectivity index (χ1) is 13.7. The predicted octanol–water partition coefficient (Wildman–Crippen LogP) is 3.16. The molecule has 0 radical (unpaired) electrons. The van der Waals surface area contributed by atoms with Crippen molar-refractivity contribution in [2.24, 2.45) is 0 Å². The number of benzene rings is 1. The number of hydrogen-bond acceptors (Lipinski definition) is 6. The number of aromatic amines is 1. The Balaban J connectivity index is 1.47. The molecule has 0 unspecified atom stereocenters. The fourth-order valence-corrected chi connectivity index (χ4v) is 2.79. The quantitative estimate of drug-likeness (QED) is 0.388. The van der Waals surface area contributed by atoms with Gasteiger partial charge in [0, 0.05) is 30.4 Å². The number of nitrogens with one attached hydrogen (secondary N) is 3. The third-order valence-electron chi connectivity index (χ3n) is 4.33. The molecule has 146 valence electrons. The molecule has 28 heavy (non-hydrogen) atoms. The molecule has 8 heteroatoms. The number of unbranched alkanes of at least 4 members (excludes halogenated alkanes) is 2. The van der Waals surface area contributed by atoms with E-state index < -0.39 is 0 Å². The number of rotatable bonds is 9. The first-order valence-corrected chi connectivity index (χ1v) is 9.17. The van der Waals surface area contributed by atoms with E-state index in [-0.39, 0.29) is 11.9 Å². The van der Waals surface area contributed by atoms with E-state index in [4.69, 9.17) is 0 Å². The van der Waals surface area contributed by atoms with E-state index in [2.05, 4.69) is 30.3 Å². The van der Waals surface area contributed by atoms with E-state index >= 15 is 0 Å².